The first-order valence-corrected chi connectivity index (χ1v) is 6.50. The highest BCUT2D eigenvalue weighted by Crippen LogP contribution is 2.37. The summed E-state index contributed by atoms with van der Waals surface area (Å²) < 4.78 is 5.23. The predicted octanol–water partition coefficient (Wildman–Crippen LogP) is 1.60. The van der Waals surface area contributed by atoms with E-state index < -0.39 is 0 Å². The summed E-state index contributed by atoms with van der Waals surface area (Å²) in [4.78, 5) is 15.4. The van der Waals surface area contributed by atoms with Crippen LogP contribution in [0.5, 0.6) is 0 Å². The Labute approximate surface area is 99.0 Å². The topological polar surface area (TPSA) is 29.5 Å². The van der Waals surface area contributed by atoms with Gasteiger partial charge < -0.3 is 9.64 Å². The van der Waals surface area contributed by atoms with Gasteiger partial charge in [-0.05, 0) is 30.4 Å². The Hall–Kier alpha value is -0.870. The first-order valence-electron chi connectivity index (χ1n) is 5.62. The standard InChI is InChI=1S/C12H15NO2S/c1-9-10(2-5-16-9)6-11(14)13-4-3-12(13)7-15-8-12/h2,5H,3-4,6-8H2,1H3. The summed E-state index contributed by atoms with van der Waals surface area (Å²) >= 11 is 1.71. The molecule has 0 bridgehead atoms. The number of rotatable bonds is 2. The molecular weight excluding hydrogens is 222 g/mol. The lowest BCUT2D eigenvalue weighted by Crippen LogP contribution is -2.72. The lowest BCUT2D eigenvalue weighted by atomic mass is 9.82. The molecule has 0 atom stereocenters. The van der Waals surface area contributed by atoms with E-state index in [0.717, 1.165) is 26.2 Å². The van der Waals surface area contributed by atoms with E-state index in [4.69, 9.17) is 4.74 Å². The Morgan fingerprint density at radius 2 is 2.44 bits per heavy atom. The van der Waals surface area contributed by atoms with Crippen LogP contribution >= 0.6 is 11.3 Å². The molecule has 2 saturated heterocycles. The zero-order valence-electron chi connectivity index (χ0n) is 9.36. The Bertz CT molecular complexity index is 417. The number of ether oxygens (including phenoxy) is 1. The average Bonchev–Trinajstić information content (AvgIpc) is 2.47. The van der Waals surface area contributed by atoms with E-state index in [0.29, 0.717) is 6.42 Å². The SMILES string of the molecule is Cc1sccc1CC(=O)N1CCC12COC2. The number of nitrogens with zero attached hydrogens (tertiary/aromatic N) is 1. The summed E-state index contributed by atoms with van der Waals surface area (Å²) in [6.45, 7) is 4.46. The average molecular weight is 237 g/mol. The van der Waals surface area contributed by atoms with Gasteiger partial charge in [-0.3, -0.25) is 4.79 Å². The Morgan fingerprint density at radius 1 is 1.62 bits per heavy atom. The van der Waals surface area contributed by atoms with Crippen molar-refractivity contribution in [3.05, 3.63) is 21.9 Å². The molecule has 0 aliphatic carbocycles. The number of hydrogen-bond donors (Lipinski definition) is 0. The van der Waals surface area contributed by atoms with Gasteiger partial charge in [0.25, 0.3) is 0 Å². The normalized spacial score (nSPS) is 21.7. The quantitative estimate of drug-likeness (QED) is 0.782. The van der Waals surface area contributed by atoms with Crippen molar-refractivity contribution in [1.82, 2.24) is 4.90 Å². The van der Waals surface area contributed by atoms with E-state index >= 15 is 0 Å². The van der Waals surface area contributed by atoms with Crippen molar-refractivity contribution in [3.8, 4) is 0 Å². The summed E-state index contributed by atoms with van der Waals surface area (Å²) in [5.74, 6) is 0.260. The predicted molar refractivity (Wildman–Crippen MR) is 62.6 cm³/mol. The maximum absolute atomic E-state index is 12.1. The maximum atomic E-state index is 12.1. The van der Waals surface area contributed by atoms with Gasteiger partial charge in [0.05, 0.1) is 25.2 Å². The largest absolute Gasteiger partial charge is 0.376 e. The van der Waals surface area contributed by atoms with Crippen molar-refractivity contribution >= 4 is 17.2 Å². The lowest BCUT2D eigenvalue weighted by Gasteiger charge is -2.57. The highest BCUT2D eigenvalue weighted by atomic mass is 32.1. The number of likely N-dealkylation sites (tertiary alicyclic amines) is 1. The van der Waals surface area contributed by atoms with Crippen LogP contribution in [0.15, 0.2) is 11.4 Å². The van der Waals surface area contributed by atoms with Gasteiger partial charge >= 0.3 is 0 Å². The minimum atomic E-state index is 0.0843. The fraction of sp³-hybridized carbons (Fsp3) is 0.583. The number of amides is 1. The van der Waals surface area contributed by atoms with Crippen LogP contribution < -0.4 is 0 Å². The van der Waals surface area contributed by atoms with E-state index in [1.54, 1.807) is 11.3 Å². The second kappa shape index (κ2) is 3.57. The van der Waals surface area contributed by atoms with Crippen molar-refractivity contribution < 1.29 is 9.53 Å². The molecule has 2 aliphatic heterocycles. The van der Waals surface area contributed by atoms with Crippen molar-refractivity contribution in [2.45, 2.75) is 25.3 Å². The Kier molecular flexibility index (Phi) is 2.30. The molecule has 0 aromatic carbocycles. The van der Waals surface area contributed by atoms with E-state index in [-0.39, 0.29) is 11.4 Å². The Morgan fingerprint density at radius 3 is 2.88 bits per heavy atom. The van der Waals surface area contributed by atoms with Crippen LogP contribution in [-0.2, 0) is 16.0 Å². The van der Waals surface area contributed by atoms with Crippen molar-refractivity contribution in [2.24, 2.45) is 0 Å². The minimum absolute atomic E-state index is 0.0843. The second-order valence-electron chi connectivity index (χ2n) is 4.69. The molecule has 1 spiro atoms. The molecule has 2 aliphatic rings. The van der Waals surface area contributed by atoms with Crippen LogP contribution in [0.1, 0.15) is 16.9 Å². The summed E-state index contributed by atoms with van der Waals surface area (Å²) in [6.07, 6.45) is 1.67. The molecule has 3 heterocycles. The number of carbonyl (C=O) groups is 1. The van der Waals surface area contributed by atoms with Crippen LogP contribution in [0.25, 0.3) is 0 Å². The molecule has 1 amide bonds. The minimum Gasteiger partial charge on any atom is -0.376 e. The highest BCUT2D eigenvalue weighted by molar-refractivity contribution is 7.10. The van der Waals surface area contributed by atoms with E-state index in [1.807, 2.05) is 4.90 Å². The first-order chi connectivity index (χ1) is 7.71. The molecule has 0 saturated carbocycles. The van der Waals surface area contributed by atoms with Gasteiger partial charge in [-0.1, -0.05) is 0 Å². The molecule has 0 N–H and O–H groups in total. The van der Waals surface area contributed by atoms with Crippen LogP contribution in [0, 0.1) is 6.92 Å². The summed E-state index contributed by atoms with van der Waals surface area (Å²) in [6, 6.07) is 2.06. The van der Waals surface area contributed by atoms with Gasteiger partial charge in [0, 0.05) is 11.4 Å². The number of aryl methyl sites for hydroxylation is 1. The molecule has 3 rings (SSSR count). The molecule has 0 unspecified atom stereocenters. The van der Waals surface area contributed by atoms with Crippen LogP contribution in [0.2, 0.25) is 0 Å². The van der Waals surface area contributed by atoms with Gasteiger partial charge in [0.15, 0.2) is 0 Å². The first kappa shape index (κ1) is 10.3. The smallest absolute Gasteiger partial charge is 0.227 e. The number of carbonyl (C=O) groups excluding carboxylic acids is 1. The lowest BCUT2D eigenvalue weighted by molar-refractivity contribution is -0.199. The van der Waals surface area contributed by atoms with Crippen LogP contribution in [0.3, 0.4) is 0 Å². The van der Waals surface area contributed by atoms with Crippen LogP contribution in [0.4, 0.5) is 0 Å². The molecule has 4 heteroatoms. The number of hydrogen-bond acceptors (Lipinski definition) is 3. The van der Waals surface area contributed by atoms with Gasteiger partial charge in [0.1, 0.15) is 0 Å². The van der Waals surface area contributed by atoms with Crippen molar-refractivity contribution in [2.75, 3.05) is 19.8 Å². The fourth-order valence-electron chi connectivity index (χ4n) is 2.42. The zero-order valence-corrected chi connectivity index (χ0v) is 10.2. The van der Waals surface area contributed by atoms with Gasteiger partial charge in [-0.25, -0.2) is 0 Å². The molecule has 2 fully saturated rings. The molecule has 3 nitrogen and oxygen atoms in total. The third kappa shape index (κ3) is 1.40. The Balaban J connectivity index is 1.68. The van der Waals surface area contributed by atoms with Crippen LogP contribution in [-0.4, -0.2) is 36.1 Å². The van der Waals surface area contributed by atoms with E-state index in [1.165, 1.54) is 10.4 Å². The maximum Gasteiger partial charge on any atom is 0.227 e. The zero-order chi connectivity index (χ0) is 11.2. The number of thiophene rings is 1. The van der Waals surface area contributed by atoms with Crippen molar-refractivity contribution in [1.29, 1.82) is 0 Å². The molecule has 1 aromatic heterocycles. The molecule has 1 aromatic rings. The summed E-state index contributed by atoms with van der Waals surface area (Å²) in [5.41, 5.74) is 1.26. The second-order valence-corrected chi connectivity index (χ2v) is 5.81. The molecule has 86 valence electrons. The van der Waals surface area contributed by atoms with Crippen molar-refractivity contribution in [3.63, 3.8) is 0 Å². The highest BCUT2D eigenvalue weighted by Gasteiger charge is 2.52. The molecule has 16 heavy (non-hydrogen) atoms. The fourth-order valence-corrected chi connectivity index (χ4v) is 3.15. The molecular formula is C12H15NO2S. The van der Waals surface area contributed by atoms with E-state index in [9.17, 15) is 4.79 Å². The summed E-state index contributed by atoms with van der Waals surface area (Å²) in [5, 5.41) is 2.05. The van der Waals surface area contributed by atoms with E-state index in [2.05, 4.69) is 18.4 Å². The van der Waals surface area contributed by atoms with Gasteiger partial charge in [-0.15, -0.1) is 11.3 Å². The monoisotopic (exact) mass is 237 g/mol. The third-order valence-electron chi connectivity index (χ3n) is 3.72. The third-order valence-corrected chi connectivity index (χ3v) is 4.61. The molecule has 0 radical (unpaired) electrons. The summed E-state index contributed by atoms with van der Waals surface area (Å²) in [7, 11) is 0. The van der Waals surface area contributed by atoms with Gasteiger partial charge in [-0.2, -0.15) is 0 Å². The van der Waals surface area contributed by atoms with Gasteiger partial charge in [0.2, 0.25) is 5.91 Å².